The molecule has 162 valence electrons. The molecule has 0 saturated carbocycles. The highest BCUT2D eigenvalue weighted by atomic mass is 32.2. The van der Waals surface area contributed by atoms with Crippen molar-refractivity contribution in [1.29, 1.82) is 0 Å². The third kappa shape index (κ3) is 4.66. The molecule has 2 heterocycles. The van der Waals surface area contributed by atoms with E-state index < -0.39 is 16.0 Å². The Morgan fingerprint density at radius 2 is 1.83 bits per heavy atom. The van der Waals surface area contributed by atoms with E-state index in [-0.39, 0.29) is 4.90 Å². The van der Waals surface area contributed by atoms with Gasteiger partial charge in [0, 0.05) is 23.7 Å². The molecule has 7 nitrogen and oxygen atoms in total. The van der Waals surface area contributed by atoms with Crippen LogP contribution in [0.2, 0.25) is 0 Å². The van der Waals surface area contributed by atoms with E-state index >= 15 is 0 Å². The second-order valence-corrected chi connectivity index (χ2v) is 10.5. The number of esters is 1. The monoisotopic (exact) mass is 467 g/mol. The van der Waals surface area contributed by atoms with E-state index in [4.69, 9.17) is 17.0 Å². The lowest BCUT2D eigenvalue weighted by Crippen LogP contribution is -2.27. The molecule has 1 aromatic heterocycles. The lowest BCUT2D eigenvalue weighted by Gasteiger charge is -2.16. The molecule has 3 rings (SSSR count). The first-order valence-corrected chi connectivity index (χ1v) is 12.3. The van der Waals surface area contributed by atoms with Gasteiger partial charge in [-0.15, -0.1) is 11.3 Å². The van der Waals surface area contributed by atoms with Crippen molar-refractivity contribution in [2.24, 2.45) is 0 Å². The number of methoxy groups -OCH3 is 1. The fraction of sp³-hybridized carbons (Fsp3) is 0.400. The van der Waals surface area contributed by atoms with Gasteiger partial charge in [-0.25, -0.2) is 13.2 Å². The van der Waals surface area contributed by atoms with Crippen LogP contribution in [0, 0.1) is 6.92 Å². The van der Waals surface area contributed by atoms with Gasteiger partial charge in [0.25, 0.3) is 0 Å². The number of anilines is 2. The third-order valence-electron chi connectivity index (χ3n) is 4.99. The summed E-state index contributed by atoms with van der Waals surface area (Å²) in [6.07, 6.45) is 2.50. The van der Waals surface area contributed by atoms with Crippen LogP contribution in [0.25, 0.3) is 0 Å². The minimum atomic E-state index is -3.45. The van der Waals surface area contributed by atoms with Crippen LogP contribution < -0.4 is 10.6 Å². The Balaban J connectivity index is 1.72. The number of nitrogens with zero attached hydrogens (tertiary/aromatic N) is 1. The molecule has 0 unspecified atom stereocenters. The van der Waals surface area contributed by atoms with E-state index in [1.54, 1.807) is 24.3 Å². The number of carbonyl (C=O) groups is 1. The van der Waals surface area contributed by atoms with E-state index in [9.17, 15) is 13.2 Å². The number of thiocarbonyl (C=S) groups is 1. The average Bonchev–Trinajstić information content (AvgIpc) is 3.36. The van der Waals surface area contributed by atoms with Gasteiger partial charge >= 0.3 is 5.97 Å². The van der Waals surface area contributed by atoms with Crippen LogP contribution in [0.5, 0.6) is 0 Å². The van der Waals surface area contributed by atoms with Crippen LogP contribution in [-0.2, 0) is 21.2 Å². The smallest absolute Gasteiger partial charge is 0.341 e. The molecule has 2 aromatic rings. The molecule has 10 heteroatoms. The van der Waals surface area contributed by atoms with Gasteiger partial charge in [-0.05, 0) is 68.2 Å². The highest BCUT2D eigenvalue weighted by molar-refractivity contribution is 7.89. The van der Waals surface area contributed by atoms with Crippen LogP contribution in [0.4, 0.5) is 10.7 Å². The average molecular weight is 468 g/mol. The maximum absolute atomic E-state index is 12.6. The third-order valence-corrected chi connectivity index (χ3v) is 8.17. The SMILES string of the molecule is CCc1c(C)sc(NC(=S)Nc2ccc(S(=O)(=O)N3CCCC3)cc2)c1C(=O)OC. The topological polar surface area (TPSA) is 87.7 Å². The van der Waals surface area contributed by atoms with Crippen LogP contribution in [0.15, 0.2) is 29.2 Å². The first-order valence-electron chi connectivity index (χ1n) is 9.66. The Morgan fingerprint density at radius 1 is 1.20 bits per heavy atom. The number of thiophene rings is 1. The van der Waals surface area contributed by atoms with Gasteiger partial charge in [-0.1, -0.05) is 6.92 Å². The van der Waals surface area contributed by atoms with Gasteiger partial charge in [0.15, 0.2) is 5.11 Å². The molecule has 0 radical (unpaired) electrons. The van der Waals surface area contributed by atoms with Gasteiger partial charge in [0.1, 0.15) is 5.00 Å². The zero-order valence-corrected chi connectivity index (χ0v) is 19.6. The van der Waals surface area contributed by atoms with E-state index in [1.165, 1.54) is 22.8 Å². The summed E-state index contributed by atoms with van der Waals surface area (Å²) in [5, 5.41) is 7.04. The number of nitrogens with one attached hydrogen (secondary N) is 2. The Kier molecular flexibility index (Phi) is 7.12. The summed E-state index contributed by atoms with van der Waals surface area (Å²) in [4.78, 5) is 13.5. The van der Waals surface area contributed by atoms with Crippen LogP contribution >= 0.6 is 23.6 Å². The quantitative estimate of drug-likeness (QED) is 0.490. The van der Waals surface area contributed by atoms with Crippen molar-refractivity contribution in [2.75, 3.05) is 30.8 Å². The van der Waals surface area contributed by atoms with Gasteiger partial charge in [0.2, 0.25) is 10.0 Å². The highest BCUT2D eigenvalue weighted by Crippen LogP contribution is 2.34. The molecule has 1 aliphatic heterocycles. The van der Waals surface area contributed by atoms with Gasteiger partial charge in [-0.3, -0.25) is 0 Å². The van der Waals surface area contributed by atoms with Crippen LogP contribution in [0.3, 0.4) is 0 Å². The molecule has 0 aliphatic carbocycles. The zero-order chi connectivity index (χ0) is 21.9. The fourth-order valence-electron chi connectivity index (χ4n) is 3.46. The van der Waals surface area contributed by atoms with Gasteiger partial charge in [-0.2, -0.15) is 4.31 Å². The second kappa shape index (κ2) is 9.42. The lowest BCUT2D eigenvalue weighted by molar-refractivity contribution is 0.0601. The molecule has 1 aromatic carbocycles. The maximum Gasteiger partial charge on any atom is 0.341 e. The molecule has 0 spiro atoms. The number of hydrogen-bond acceptors (Lipinski definition) is 6. The summed E-state index contributed by atoms with van der Waals surface area (Å²) in [5.41, 5.74) is 2.09. The number of rotatable bonds is 6. The predicted molar refractivity (Wildman–Crippen MR) is 124 cm³/mol. The molecule has 0 amide bonds. The van der Waals surface area contributed by atoms with Crippen molar-refractivity contribution >= 4 is 55.3 Å². The minimum absolute atomic E-state index is 0.267. The number of hydrogen-bond donors (Lipinski definition) is 2. The number of sulfonamides is 1. The van der Waals surface area contributed by atoms with Gasteiger partial charge < -0.3 is 15.4 Å². The molecular weight excluding hydrogens is 442 g/mol. The summed E-state index contributed by atoms with van der Waals surface area (Å²) in [5.74, 6) is -0.405. The van der Waals surface area contributed by atoms with Crippen LogP contribution in [-0.4, -0.2) is 44.0 Å². The summed E-state index contributed by atoms with van der Waals surface area (Å²) >= 11 is 6.83. The predicted octanol–water partition coefficient (Wildman–Crippen LogP) is 4.00. The van der Waals surface area contributed by atoms with Crippen LogP contribution in [0.1, 0.15) is 40.6 Å². The van der Waals surface area contributed by atoms with Crippen molar-refractivity contribution in [1.82, 2.24) is 4.31 Å². The fourth-order valence-corrected chi connectivity index (χ4v) is 6.40. The molecule has 1 fully saturated rings. The van der Waals surface area contributed by atoms with Crippen molar-refractivity contribution < 1.29 is 17.9 Å². The number of carbonyl (C=O) groups excluding carboxylic acids is 1. The Morgan fingerprint density at radius 3 is 2.40 bits per heavy atom. The van der Waals surface area contributed by atoms with Gasteiger partial charge in [0.05, 0.1) is 17.6 Å². The van der Waals surface area contributed by atoms with E-state index in [0.717, 1.165) is 23.3 Å². The summed E-state index contributed by atoms with van der Waals surface area (Å²) in [6.45, 7) is 5.08. The number of aryl methyl sites for hydroxylation is 1. The Labute approximate surface area is 186 Å². The standard InChI is InChI=1S/C20H25N3O4S3/c1-4-16-13(2)29-18(17(16)19(24)27-3)22-20(28)21-14-7-9-15(10-8-14)30(25,26)23-11-5-6-12-23/h7-10H,4-6,11-12H2,1-3H3,(H2,21,22,28). The largest absolute Gasteiger partial charge is 0.465 e. The molecule has 2 N–H and O–H groups in total. The highest BCUT2D eigenvalue weighted by Gasteiger charge is 2.27. The van der Waals surface area contributed by atoms with E-state index in [0.29, 0.717) is 40.9 Å². The summed E-state index contributed by atoms with van der Waals surface area (Å²) in [7, 11) is -2.09. The van der Waals surface area contributed by atoms with E-state index in [2.05, 4.69) is 10.6 Å². The molecule has 0 atom stereocenters. The first kappa shape index (κ1) is 22.7. The summed E-state index contributed by atoms with van der Waals surface area (Å²) < 4.78 is 31.7. The molecular formula is C20H25N3O4S3. The molecule has 30 heavy (non-hydrogen) atoms. The normalized spacial score (nSPS) is 14.5. The van der Waals surface area contributed by atoms with Crippen molar-refractivity contribution in [3.05, 3.63) is 40.3 Å². The molecule has 0 bridgehead atoms. The van der Waals surface area contributed by atoms with E-state index in [1.807, 2.05) is 13.8 Å². The number of ether oxygens (including phenoxy) is 1. The number of benzene rings is 1. The molecule has 1 aliphatic rings. The molecule has 1 saturated heterocycles. The Bertz CT molecular complexity index is 1040. The lowest BCUT2D eigenvalue weighted by atomic mass is 10.1. The second-order valence-electron chi connectivity index (χ2n) is 6.90. The minimum Gasteiger partial charge on any atom is -0.465 e. The first-order chi connectivity index (χ1) is 14.3. The Hall–Kier alpha value is -2.01. The summed E-state index contributed by atoms with van der Waals surface area (Å²) in [6, 6.07) is 6.50. The van der Waals surface area contributed by atoms with Crippen molar-refractivity contribution in [2.45, 2.75) is 38.0 Å². The maximum atomic E-state index is 12.6. The van der Waals surface area contributed by atoms with Crippen molar-refractivity contribution in [3.8, 4) is 0 Å². The van der Waals surface area contributed by atoms with Crippen molar-refractivity contribution in [3.63, 3.8) is 0 Å². The zero-order valence-electron chi connectivity index (χ0n) is 17.1.